The monoisotopic (exact) mass is 303 g/mol. The number of nitrogens with one attached hydrogen (secondary N) is 1. The molecule has 0 spiro atoms. The zero-order chi connectivity index (χ0) is 15.6. The van der Waals surface area contributed by atoms with Gasteiger partial charge < -0.3 is 15.2 Å². The minimum absolute atomic E-state index is 0.0699. The third-order valence-electron chi connectivity index (χ3n) is 3.17. The van der Waals surface area contributed by atoms with Gasteiger partial charge in [0.25, 0.3) is 0 Å². The smallest absolute Gasteiger partial charge is 0.234 e. The van der Waals surface area contributed by atoms with Crippen LogP contribution in [-0.4, -0.2) is 16.9 Å². The zero-order valence-corrected chi connectivity index (χ0v) is 12.8. The first-order chi connectivity index (χ1) is 9.90. The van der Waals surface area contributed by atoms with Gasteiger partial charge in [-0.2, -0.15) is 0 Å². The Hall–Kier alpha value is -2.21. The van der Waals surface area contributed by atoms with Gasteiger partial charge in [-0.1, -0.05) is 18.2 Å². The lowest BCUT2D eigenvalue weighted by molar-refractivity contribution is -0.254. The van der Waals surface area contributed by atoms with Gasteiger partial charge in [0.15, 0.2) is 0 Å². The van der Waals surface area contributed by atoms with Crippen molar-refractivity contribution in [3.8, 4) is 0 Å². The van der Waals surface area contributed by atoms with Gasteiger partial charge in [0.1, 0.15) is 5.01 Å². The van der Waals surface area contributed by atoms with Gasteiger partial charge in [-0.3, -0.25) is 4.79 Å². The maximum absolute atomic E-state index is 12.2. The average Bonchev–Trinajstić information content (AvgIpc) is 2.82. The summed E-state index contributed by atoms with van der Waals surface area (Å²) < 4.78 is 0. The topological polar surface area (TPSA) is 82.1 Å². The molecule has 0 aliphatic rings. The van der Waals surface area contributed by atoms with Gasteiger partial charge >= 0.3 is 0 Å². The number of rotatable bonds is 4. The predicted molar refractivity (Wildman–Crippen MR) is 79.4 cm³/mol. The number of amides is 1. The molecule has 1 amide bonds. The van der Waals surface area contributed by atoms with E-state index >= 15 is 0 Å². The molecule has 6 heteroatoms. The third-order valence-corrected chi connectivity index (χ3v) is 4.49. The Labute approximate surface area is 126 Å². The standard InChI is InChI=1S/C15H16N2O3S/c1-8-6-4-5-7-11(8)17-13(18)9(2)14-16-10(3)12(21-14)15(19)20/h4-7,9H,1-3H3,(H,17,18)(H,19,20)/p-1/t9-/m1/s1. The van der Waals surface area contributed by atoms with Crippen LogP contribution in [0.3, 0.4) is 0 Å². The zero-order valence-electron chi connectivity index (χ0n) is 12.0. The van der Waals surface area contributed by atoms with Gasteiger partial charge in [0.2, 0.25) is 5.91 Å². The number of benzene rings is 1. The van der Waals surface area contributed by atoms with E-state index in [1.54, 1.807) is 13.8 Å². The number of carbonyl (C=O) groups is 2. The van der Waals surface area contributed by atoms with Crippen molar-refractivity contribution >= 4 is 28.9 Å². The number of nitrogens with zero attached hydrogens (tertiary/aromatic N) is 1. The lowest BCUT2D eigenvalue weighted by atomic mass is 10.1. The maximum atomic E-state index is 12.2. The maximum Gasteiger partial charge on any atom is 0.234 e. The fourth-order valence-electron chi connectivity index (χ4n) is 1.86. The molecular formula is C15H15N2O3S-. The highest BCUT2D eigenvalue weighted by Crippen LogP contribution is 2.26. The van der Waals surface area contributed by atoms with Crippen LogP contribution in [0.15, 0.2) is 24.3 Å². The number of para-hydroxylation sites is 1. The number of aromatic carboxylic acids is 1. The number of anilines is 1. The summed E-state index contributed by atoms with van der Waals surface area (Å²) in [7, 11) is 0. The van der Waals surface area contributed by atoms with Crippen molar-refractivity contribution < 1.29 is 14.7 Å². The Bertz CT molecular complexity index is 694. The molecule has 1 aromatic heterocycles. The number of aryl methyl sites for hydroxylation is 2. The summed E-state index contributed by atoms with van der Waals surface area (Å²) in [4.78, 5) is 27.4. The summed E-state index contributed by atoms with van der Waals surface area (Å²) in [6, 6.07) is 7.46. The molecule has 5 nitrogen and oxygen atoms in total. The number of aromatic nitrogens is 1. The minimum atomic E-state index is -1.26. The Morgan fingerprint density at radius 3 is 2.52 bits per heavy atom. The molecule has 0 saturated heterocycles. The molecule has 1 N–H and O–H groups in total. The van der Waals surface area contributed by atoms with E-state index < -0.39 is 11.9 Å². The molecule has 110 valence electrons. The second-order valence-electron chi connectivity index (χ2n) is 4.78. The van der Waals surface area contributed by atoms with Gasteiger partial charge in [0.05, 0.1) is 22.5 Å². The average molecular weight is 303 g/mol. The highest BCUT2D eigenvalue weighted by molar-refractivity contribution is 7.13. The first-order valence-corrected chi connectivity index (χ1v) is 7.27. The van der Waals surface area contributed by atoms with Crippen LogP contribution in [0.25, 0.3) is 0 Å². The molecule has 1 heterocycles. The van der Waals surface area contributed by atoms with Crippen LogP contribution in [0.4, 0.5) is 5.69 Å². The Kier molecular flexibility index (Phi) is 4.37. The molecule has 1 atom stereocenters. The molecule has 2 aromatic rings. The van der Waals surface area contributed by atoms with Crippen molar-refractivity contribution in [2.75, 3.05) is 5.32 Å². The fraction of sp³-hybridized carbons (Fsp3) is 0.267. The first kappa shape index (κ1) is 15.2. The lowest BCUT2D eigenvalue weighted by Gasteiger charge is -2.11. The Morgan fingerprint density at radius 2 is 1.95 bits per heavy atom. The quantitative estimate of drug-likeness (QED) is 0.934. The largest absolute Gasteiger partial charge is 0.544 e. The van der Waals surface area contributed by atoms with Crippen LogP contribution in [0, 0.1) is 13.8 Å². The lowest BCUT2D eigenvalue weighted by Crippen LogP contribution is -2.21. The summed E-state index contributed by atoms with van der Waals surface area (Å²) in [5.41, 5.74) is 2.08. The van der Waals surface area contributed by atoms with Crippen molar-refractivity contribution in [3.63, 3.8) is 0 Å². The molecule has 0 aliphatic heterocycles. The van der Waals surface area contributed by atoms with E-state index in [0.29, 0.717) is 10.7 Å². The molecule has 0 saturated carbocycles. The summed E-state index contributed by atoms with van der Waals surface area (Å²) in [5.74, 6) is -2.01. The summed E-state index contributed by atoms with van der Waals surface area (Å²) in [6.45, 7) is 5.20. The van der Waals surface area contributed by atoms with Crippen LogP contribution in [0.2, 0.25) is 0 Å². The van der Waals surface area contributed by atoms with E-state index in [4.69, 9.17) is 0 Å². The van der Waals surface area contributed by atoms with Crippen LogP contribution in [-0.2, 0) is 4.79 Å². The van der Waals surface area contributed by atoms with Crippen LogP contribution < -0.4 is 10.4 Å². The summed E-state index contributed by atoms with van der Waals surface area (Å²) in [5, 5.41) is 14.2. The molecule has 0 fully saturated rings. The van der Waals surface area contributed by atoms with E-state index in [1.807, 2.05) is 31.2 Å². The first-order valence-electron chi connectivity index (χ1n) is 6.45. The minimum Gasteiger partial charge on any atom is -0.544 e. The van der Waals surface area contributed by atoms with Gasteiger partial charge in [-0.25, -0.2) is 4.98 Å². The highest BCUT2D eigenvalue weighted by atomic mass is 32.1. The van der Waals surface area contributed by atoms with Crippen LogP contribution in [0.5, 0.6) is 0 Å². The van der Waals surface area contributed by atoms with E-state index in [1.165, 1.54) is 0 Å². The molecule has 0 aliphatic carbocycles. The SMILES string of the molecule is Cc1ccccc1NC(=O)[C@@H](C)c1nc(C)c(C(=O)[O-])s1. The molecule has 0 unspecified atom stereocenters. The highest BCUT2D eigenvalue weighted by Gasteiger charge is 2.21. The normalized spacial score (nSPS) is 12.0. The van der Waals surface area contributed by atoms with Crippen molar-refractivity contribution in [2.45, 2.75) is 26.7 Å². The van der Waals surface area contributed by atoms with Gasteiger partial charge in [-0.05, 0) is 32.4 Å². The van der Waals surface area contributed by atoms with E-state index in [-0.39, 0.29) is 10.8 Å². The number of carboxylic acids is 1. The van der Waals surface area contributed by atoms with Gasteiger partial charge in [0, 0.05) is 5.69 Å². The van der Waals surface area contributed by atoms with E-state index in [9.17, 15) is 14.7 Å². The Balaban J connectivity index is 2.18. The second kappa shape index (κ2) is 6.05. The van der Waals surface area contributed by atoms with Crippen LogP contribution in [0.1, 0.15) is 38.8 Å². The Morgan fingerprint density at radius 1 is 1.29 bits per heavy atom. The molecular weight excluding hydrogens is 288 g/mol. The number of thiazole rings is 1. The fourth-order valence-corrected chi connectivity index (χ4v) is 2.81. The third kappa shape index (κ3) is 3.28. The molecule has 1 aromatic carbocycles. The molecule has 21 heavy (non-hydrogen) atoms. The predicted octanol–water partition coefficient (Wildman–Crippen LogP) is 1.87. The van der Waals surface area contributed by atoms with Crippen molar-refractivity contribution in [2.24, 2.45) is 0 Å². The van der Waals surface area contributed by atoms with Gasteiger partial charge in [-0.15, -0.1) is 11.3 Å². The van der Waals surface area contributed by atoms with Crippen LogP contribution >= 0.6 is 11.3 Å². The number of carboxylic acid groups (broad SMARTS) is 1. The second-order valence-corrected chi connectivity index (χ2v) is 5.81. The molecule has 0 radical (unpaired) electrons. The van der Waals surface area contributed by atoms with E-state index in [2.05, 4.69) is 10.3 Å². The van der Waals surface area contributed by atoms with Crippen molar-refractivity contribution in [1.29, 1.82) is 0 Å². The number of hydrogen-bond donors (Lipinski definition) is 1. The number of hydrogen-bond acceptors (Lipinski definition) is 5. The molecule has 2 rings (SSSR count). The van der Waals surface area contributed by atoms with Crippen molar-refractivity contribution in [1.82, 2.24) is 4.98 Å². The summed E-state index contributed by atoms with van der Waals surface area (Å²) >= 11 is 0.985. The molecule has 0 bridgehead atoms. The number of carbonyl (C=O) groups excluding carboxylic acids is 2. The van der Waals surface area contributed by atoms with Crippen molar-refractivity contribution in [3.05, 3.63) is 45.4 Å². The van der Waals surface area contributed by atoms with E-state index in [0.717, 1.165) is 22.6 Å². The summed E-state index contributed by atoms with van der Waals surface area (Å²) in [6.07, 6.45) is 0.